The molecule has 1 aliphatic carbocycles. The van der Waals surface area contributed by atoms with Gasteiger partial charge in [0.15, 0.2) is 0 Å². The number of hydrogen-bond donors (Lipinski definition) is 1. The molecule has 1 atom stereocenters. The Hall–Kier alpha value is -1.03. The molecule has 0 spiro atoms. The molecule has 0 amide bonds. The van der Waals surface area contributed by atoms with Crippen LogP contribution in [0.2, 0.25) is 0 Å². The molecule has 4 nitrogen and oxygen atoms in total. The Balaban J connectivity index is 2.49. The number of ether oxygens (including phenoxy) is 2. The highest BCUT2D eigenvalue weighted by Gasteiger charge is 2.23. The van der Waals surface area contributed by atoms with Crippen LogP contribution < -0.4 is 0 Å². The molecule has 0 aliphatic heterocycles. The van der Waals surface area contributed by atoms with E-state index in [9.17, 15) is 9.90 Å². The Labute approximate surface area is 103 Å². The quantitative estimate of drug-likeness (QED) is 0.455. The number of aliphatic hydroxyl groups excluding tert-OH is 1. The van der Waals surface area contributed by atoms with Gasteiger partial charge >= 0.3 is 5.97 Å². The zero-order valence-corrected chi connectivity index (χ0v) is 10.6. The first-order valence-corrected chi connectivity index (χ1v) is 6.18. The molecule has 1 saturated carbocycles. The molecular weight excluding hydrogens is 220 g/mol. The Morgan fingerprint density at radius 3 is 2.47 bits per heavy atom. The highest BCUT2D eigenvalue weighted by Crippen LogP contribution is 2.29. The number of esters is 1. The zero-order chi connectivity index (χ0) is 12.7. The average Bonchev–Trinajstić information content (AvgIpc) is 2.38. The Morgan fingerprint density at radius 1 is 1.29 bits per heavy atom. The summed E-state index contributed by atoms with van der Waals surface area (Å²) in [6.07, 6.45) is 7.02. The molecule has 1 aliphatic rings. The van der Waals surface area contributed by atoms with Crippen LogP contribution in [0.25, 0.3) is 0 Å². The van der Waals surface area contributed by atoms with E-state index in [2.05, 4.69) is 4.74 Å². The molecule has 4 heteroatoms. The van der Waals surface area contributed by atoms with Crippen LogP contribution in [0.3, 0.4) is 0 Å². The second-order valence-electron chi connectivity index (χ2n) is 4.51. The van der Waals surface area contributed by atoms with Crippen LogP contribution in [-0.2, 0) is 14.3 Å². The first-order valence-electron chi connectivity index (χ1n) is 6.18. The third kappa shape index (κ3) is 4.77. The second-order valence-corrected chi connectivity index (χ2v) is 4.51. The van der Waals surface area contributed by atoms with E-state index in [1.807, 2.05) is 0 Å². The number of rotatable bonds is 5. The van der Waals surface area contributed by atoms with Gasteiger partial charge in [0, 0.05) is 6.42 Å². The van der Waals surface area contributed by atoms with Crippen molar-refractivity contribution < 1.29 is 19.4 Å². The van der Waals surface area contributed by atoms with Gasteiger partial charge in [0.05, 0.1) is 26.4 Å². The Kier molecular flexibility index (Phi) is 6.05. The largest absolute Gasteiger partial charge is 0.501 e. The number of hydrogen-bond acceptors (Lipinski definition) is 4. The molecule has 0 aromatic heterocycles. The molecule has 0 aromatic carbocycles. The van der Waals surface area contributed by atoms with Gasteiger partial charge in [-0.1, -0.05) is 19.3 Å². The van der Waals surface area contributed by atoms with E-state index < -0.39 is 12.1 Å². The first-order chi connectivity index (χ1) is 8.17. The number of carbonyl (C=O) groups is 1. The summed E-state index contributed by atoms with van der Waals surface area (Å²) < 4.78 is 9.62. The summed E-state index contributed by atoms with van der Waals surface area (Å²) in [6.45, 7) is 0. The normalized spacial score (nSPS) is 19.8. The minimum absolute atomic E-state index is 0.333. The van der Waals surface area contributed by atoms with Crippen molar-refractivity contribution in [2.45, 2.75) is 44.6 Å². The number of aliphatic hydroxyl groups is 1. The van der Waals surface area contributed by atoms with E-state index in [0.29, 0.717) is 18.1 Å². The maximum absolute atomic E-state index is 11.1. The number of carbonyl (C=O) groups excluding carboxylic acids is 1. The molecular formula is C13H22O4. The zero-order valence-electron chi connectivity index (χ0n) is 10.6. The summed E-state index contributed by atoms with van der Waals surface area (Å²) in [7, 11) is 2.83. The fraction of sp³-hybridized carbons (Fsp3) is 0.769. The highest BCUT2D eigenvalue weighted by atomic mass is 16.5. The Morgan fingerprint density at radius 2 is 1.94 bits per heavy atom. The topological polar surface area (TPSA) is 55.8 Å². The van der Waals surface area contributed by atoms with E-state index >= 15 is 0 Å². The van der Waals surface area contributed by atoms with Crippen molar-refractivity contribution in [2.75, 3.05) is 14.2 Å². The molecule has 1 fully saturated rings. The van der Waals surface area contributed by atoms with Crippen LogP contribution >= 0.6 is 0 Å². The van der Waals surface area contributed by atoms with Gasteiger partial charge in [-0.15, -0.1) is 0 Å². The summed E-state index contributed by atoms with van der Waals surface area (Å²) in [5.41, 5.74) is 0. The van der Waals surface area contributed by atoms with Crippen molar-refractivity contribution in [3.8, 4) is 0 Å². The van der Waals surface area contributed by atoms with E-state index in [0.717, 1.165) is 12.8 Å². The standard InChI is InChI=1S/C13H22O4/c1-16-11(9-13(15)17-2)8-12(14)10-6-4-3-5-7-10/h9-10,12,14H,3-8H2,1-2H3/b11-9+. The average molecular weight is 242 g/mol. The van der Waals surface area contributed by atoms with Crippen LogP contribution in [0.15, 0.2) is 11.8 Å². The molecule has 98 valence electrons. The molecule has 0 heterocycles. The van der Waals surface area contributed by atoms with Crippen molar-refractivity contribution in [1.29, 1.82) is 0 Å². The highest BCUT2D eigenvalue weighted by molar-refractivity contribution is 5.82. The van der Waals surface area contributed by atoms with Gasteiger partial charge < -0.3 is 14.6 Å². The predicted molar refractivity (Wildman–Crippen MR) is 64.3 cm³/mol. The van der Waals surface area contributed by atoms with Gasteiger partial charge in [-0.3, -0.25) is 0 Å². The summed E-state index contributed by atoms with van der Waals surface area (Å²) >= 11 is 0. The Bertz CT molecular complexity index is 267. The lowest BCUT2D eigenvalue weighted by Gasteiger charge is -2.26. The van der Waals surface area contributed by atoms with Crippen molar-refractivity contribution in [3.05, 3.63) is 11.8 Å². The van der Waals surface area contributed by atoms with Gasteiger partial charge in [0.1, 0.15) is 5.76 Å². The smallest absolute Gasteiger partial charge is 0.333 e. The third-order valence-corrected chi connectivity index (χ3v) is 3.35. The number of methoxy groups -OCH3 is 2. The minimum atomic E-state index is -0.447. The summed E-state index contributed by atoms with van der Waals surface area (Å²) in [6, 6.07) is 0. The van der Waals surface area contributed by atoms with Gasteiger partial charge in [-0.2, -0.15) is 0 Å². The van der Waals surface area contributed by atoms with Crippen molar-refractivity contribution in [1.82, 2.24) is 0 Å². The lowest BCUT2D eigenvalue weighted by molar-refractivity contribution is -0.135. The maximum atomic E-state index is 11.1. The lowest BCUT2D eigenvalue weighted by atomic mass is 9.84. The fourth-order valence-electron chi connectivity index (χ4n) is 2.28. The van der Waals surface area contributed by atoms with Crippen LogP contribution in [0.5, 0.6) is 0 Å². The third-order valence-electron chi connectivity index (χ3n) is 3.35. The van der Waals surface area contributed by atoms with E-state index in [1.54, 1.807) is 0 Å². The van der Waals surface area contributed by atoms with Crippen LogP contribution in [0.1, 0.15) is 38.5 Å². The van der Waals surface area contributed by atoms with Gasteiger partial charge in [-0.25, -0.2) is 4.79 Å². The van der Waals surface area contributed by atoms with Crippen LogP contribution in [-0.4, -0.2) is 31.4 Å². The van der Waals surface area contributed by atoms with Gasteiger partial charge in [0.25, 0.3) is 0 Å². The van der Waals surface area contributed by atoms with Crippen LogP contribution in [0.4, 0.5) is 0 Å². The fourth-order valence-corrected chi connectivity index (χ4v) is 2.28. The summed E-state index contributed by atoms with van der Waals surface area (Å²) in [4.78, 5) is 11.1. The van der Waals surface area contributed by atoms with Gasteiger partial charge in [0.2, 0.25) is 0 Å². The molecule has 1 unspecified atom stereocenters. The molecule has 0 radical (unpaired) electrons. The monoisotopic (exact) mass is 242 g/mol. The van der Waals surface area contributed by atoms with Crippen molar-refractivity contribution in [2.24, 2.45) is 5.92 Å². The van der Waals surface area contributed by atoms with E-state index in [4.69, 9.17) is 4.74 Å². The molecule has 0 bridgehead atoms. The van der Waals surface area contributed by atoms with Crippen molar-refractivity contribution >= 4 is 5.97 Å². The summed E-state index contributed by atoms with van der Waals surface area (Å²) in [5.74, 6) is 0.368. The van der Waals surface area contributed by atoms with Gasteiger partial charge in [-0.05, 0) is 18.8 Å². The minimum Gasteiger partial charge on any atom is -0.501 e. The van der Waals surface area contributed by atoms with Crippen LogP contribution in [0, 0.1) is 5.92 Å². The molecule has 17 heavy (non-hydrogen) atoms. The first kappa shape index (κ1) is 14.0. The molecule has 1 rings (SSSR count). The molecule has 1 N–H and O–H groups in total. The molecule has 0 aromatic rings. The second kappa shape index (κ2) is 7.33. The lowest BCUT2D eigenvalue weighted by Crippen LogP contribution is -2.23. The van der Waals surface area contributed by atoms with Crippen molar-refractivity contribution in [3.63, 3.8) is 0 Å². The summed E-state index contributed by atoms with van der Waals surface area (Å²) in [5, 5.41) is 10.1. The van der Waals surface area contributed by atoms with E-state index in [1.165, 1.54) is 39.6 Å². The SMILES string of the molecule is COC(=O)/C=C(\CC(O)C1CCCCC1)OC. The molecule has 0 saturated heterocycles. The van der Waals surface area contributed by atoms with E-state index in [-0.39, 0.29) is 0 Å². The maximum Gasteiger partial charge on any atom is 0.333 e. The predicted octanol–water partition coefficient (Wildman–Crippen LogP) is 2.02.